The number of hydrogen-bond acceptors (Lipinski definition) is 2. The standard InChI is InChI=1S/C10H19NO/c1-11(2)6-5-8-3-4-9-10(7-8)12-9/h8-10H,3-7H2,1-2H3. The summed E-state index contributed by atoms with van der Waals surface area (Å²) in [5, 5.41) is 0. The van der Waals surface area contributed by atoms with Crippen LogP contribution in [-0.4, -0.2) is 37.7 Å². The van der Waals surface area contributed by atoms with Crippen LogP contribution in [0.5, 0.6) is 0 Å². The fraction of sp³-hybridized carbons (Fsp3) is 1.00. The molecule has 1 saturated carbocycles. The summed E-state index contributed by atoms with van der Waals surface area (Å²) in [6.07, 6.45) is 6.74. The third-order valence-corrected chi connectivity index (χ3v) is 3.10. The molecule has 1 saturated heterocycles. The molecule has 0 aromatic heterocycles. The van der Waals surface area contributed by atoms with Crippen molar-refractivity contribution in [1.29, 1.82) is 0 Å². The van der Waals surface area contributed by atoms with E-state index in [4.69, 9.17) is 4.74 Å². The van der Waals surface area contributed by atoms with Gasteiger partial charge in [0.25, 0.3) is 0 Å². The highest BCUT2D eigenvalue weighted by Gasteiger charge is 2.43. The zero-order valence-electron chi connectivity index (χ0n) is 8.12. The topological polar surface area (TPSA) is 15.8 Å². The van der Waals surface area contributed by atoms with Gasteiger partial charge in [-0.3, -0.25) is 0 Å². The zero-order chi connectivity index (χ0) is 8.55. The predicted octanol–water partition coefficient (Wildman–Crippen LogP) is 1.51. The first-order valence-corrected chi connectivity index (χ1v) is 5.06. The Labute approximate surface area is 74.9 Å². The quantitative estimate of drug-likeness (QED) is 0.595. The molecule has 2 aliphatic rings. The van der Waals surface area contributed by atoms with Gasteiger partial charge < -0.3 is 9.64 Å². The van der Waals surface area contributed by atoms with E-state index in [1.807, 2.05) is 0 Å². The second-order valence-corrected chi connectivity index (χ2v) is 4.48. The molecule has 2 heteroatoms. The van der Waals surface area contributed by atoms with Crippen LogP contribution < -0.4 is 0 Å². The van der Waals surface area contributed by atoms with E-state index in [2.05, 4.69) is 19.0 Å². The van der Waals surface area contributed by atoms with E-state index >= 15 is 0 Å². The second kappa shape index (κ2) is 3.35. The molecule has 0 spiro atoms. The number of rotatable bonds is 3. The highest BCUT2D eigenvalue weighted by Crippen LogP contribution is 2.40. The number of ether oxygens (including phenoxy) is 1. The van der Waals surface area contributed by atoms with Crippen molar-refractivity contribution in [1.82, 2.24) is 4.90 Å². The Kier molecular flexibility index (Phi) is 2.37. The molecule has 1 heterocycles. The van der Waals surface area contributed by atoms with Crippen LogP contribution in [0.1, 0.15) is 25.7 Å². The molecule has 3 unspecified atom stereocenters. The molecule has 2 nitrogen and oxygen atoms in total. The molecule has 1 aliphatic heterocycles. The van der Waals surface area contributed by atoms with E-state index in [9.17, 15) is 0 Å². The van der Waals surface area contributed by atoms with Gasteiger partial charge in [-0.25, -0.2) is 0 Å². The van der Waals surface area contributed by atoms with Gasteiger partial charge in [0.05, 0.1) is 12.2 Å². The smallest absolute Gasteiger partial charge is 0.0844 e. The Morgan fingerprint density at radius 1 is 1.25 bits per heavy atom. The number of hydrogen-bond donors (Lipinski definition) is 0. The molecule has 0 bridgehead atoms. The average molecular weight is 169 g/mol. The molecular formula is C10H19NO. The van der Waals surface area contributed by atoms with Crippen molar-refractivity contribution in [2.24, 2.45) is 5.92 Å². The lowest BCUT2D eigenvalue weighted by molar-refractivity contribution is 0.303. The van der Waals surface area contributed by atoms with E-state index in [1.54, 1.807) is 0 Å². The molecule has 0 N–H and O–H groups in total. The van der Waals surface area contributed by atoms with Crippen molar-refractivity contribution in [3.05, 3.63) is 0 Å². The maximum Gasteiger partial charge on any atom is 0.0844 e. The summed E-state index contributed by atoms with van der Waals surface area (Å²) in [5.74, 6) is 0.941. The summed E-state index contributed by atoms with van der Waals surface area (Å²) >= 11 is 0. The van der Waals surface area contributed by atoms with E-state index in [-0.39, 0.29) is 0 Å². The summed E-state index contributed by atoms with van der Waals surface area (Å²) in [6.45, 7) is 1.24. The summed E-state index contributed by atoms with van der Waals surface area (Å²) in [6, 6.07) is 0. The van der Waals surface area contributed by atoms with Crippen LogP contribution in [0, 0.1) is 5.92 Å². The minimum Gasteiger partial charge on any atom is -0.370 e. The molecular weight excluding hydrogens is 150 g/mol. The lowest BCUT2D eigenvalue weighted by Gasteiger charge is -2.20. The molecule has 70 valence electrons. The first-order valence-electron chi connectivity index (χ1n) is 5.06. The van der Waals surface area contributed by atoms with Crippen molar-refractivity contribution < 1.29 is 4.74 Å². The molecule has 2 rings (SSSR count). The van der Waals surface area contributed by atoms with Crippen LogP contribution in [-0.2, 0) is 4.74 Å². The summed E-state index contributed by atoms with van der Waals surface area (Å²) in [5.41, 5.74) is 0. The van der Waals surface area contributed by atoms with Crippen molar-refractivity contribution in [3.8, 4) is 0 Å². The fourth-order valence-corrected chi connectivity index (χ4v) is 2.19. The molecule has 12 heavy (non-hydrogen) atoms. The lowest BCUT2D eigenvalue weighted by Crippen LogP contribution is -2.20. The minimum atomic E-state index is 0.658. The third-order valence-electron chi connectivity index (χ3n) is 3.10. The van der Waals surface area contributed by atoms with Gasteiger partial charge in [0, 0.05) is 0 Å². The Balaban J connectivity index is 1.67. The highest BCUT2D eigenvalue weighted by molar-refractivity contribution is 4.91. The summed E-state index contributed by atoms with van der Waals surface area (Å²) in [7, 11) is 4.30. The van der Waals surface area contributed by atoms with E-state index in [1.165, 1.54) is 32.2 Å². The van der Waals surface area contributed by atoms with Gasteiger partial charge >= 0.3 is 0 Å². The lowest BCUT2D eigenvalue weighted by atomic mass is 9.87. The van der Waals surface area contributed by atoms with Gasteiger partial charge in [0.1, 0.15) is 0 Å². The Morgan fingerprint density at radius 2 is 2.08 bits per heavy atom. The van der Waals surface area contributed by atoms with E-state index in [0.29, 0.717) is 12.2 Å². The molecule has 0 amide bonds. The molecule has 1 aliphatic carbocycles. The maximum atomic E-state index is 5.50. The predicted molar refractivity (Wildman–Crippen MR) is 49.2 cm³/mol. The van der Waals surface area contributed by atoms with Crippen LogP contribution in [0.15, 0.2) is 0 Å². The normalized spacial score (nSPS) is 39.8. The Hall–Kier alpha value is -0.0800. The van der Waals surface area contributed by atoms with Gasteiger partial charge in [-0.05, 0) is 52.2 Å². The van der Waals surface area contributed by atoms with Gasteiger partial charge in [0.15, 0.2) is 0 Å². The molecule has 0 aromatic rings. The first-order chi connectivity index (χ1) is 5.75. The fourth-order valence-electron chi connectivity index (χ4n) is 2.19. The maximum absolute atomic E-state index is 5.50. The van der Waals surface area contributed by atoms with Crippen LogP contribution in [0.3, 0.4) is 0 Å². The second-order valence-electron chi connectivity index (χ2n) is 4.48. The van der Waals surface area contributed by atoms with Gasteiger partial charge in [0.2, 0.25) is 0 Å². The number of epoxide rings is 1. The van der Waals surface area contributed by atoms with Crippen molar-refractivity contribution >= 4 is 0 Å². The largest absolute Gasteiger partial charge is 0.370 e. The third kappa shape index (κ3) is 1.99. The molecule has 0 aromatic carbocycles. The zero-order valence-corrected chi connectivity index (χ0v) is 8.12. The van der Waals surface area contributed by atoms with Crippen LogP contribution >= 0.6 is 0 Å². The van der Waals surface area contributed by atoms with Crippen molar-refractivity contribution in [2.75, 3.05) is 20.6 Å². The molecule has 3 atom stereocenters. The minimum absolute atomic E-state index is 0.658. The Morgan fingerprint density at radius 3 is 2.75 bits per heavy atom. The van der Waals surface area contributed by atoms with Crippen molar-refractivity contribution in [3.63, 3.8) is 0 Å². The average Bonchev–Trinajstić information content (AvgIpc) is 2.78. The van der Waals surface area contributed by atoms with Crippen LogP contribution in [0.25, 0.3) is 0 Å². The van der Waals surface area contributed by atoms with Gasteiger partial charge in [-0.15, -0.1) is 0 Å². The summed E-state index contributed by atoms with van der Waals surface area (Å²) in [4.78, 5) is 2.28. The van der Waals surface area contributed by atoms with E-state index in [0.717, 1.165) is 5.92 Å². The number of nitrogens with zero attached hydrogens (tertiary/aromatic N) is 1. The first kappa shape index (κ1) is 8.52. The molecule has 2 fully saturated rings. The van der Waals surface area contributed by atoms with Gasteiger partial charge in [-0.1, -0.05) is 0 Å². The summed E-state index contributed by atoms with van der Waals surface area (Å²) < 4.78 is 5.50. The van der Waals surface area contributed by atoms with Gasteiger partial charge in [-0.2, -0.15) is 0 Å². The highest BCUT2D eigenvalue weighted by atomic mass is 16.6. The van der Waals surface area contributed by atoms with Crippen molar-refractivity contribution in [2.45, 2.75) is 37.9 Å². The SMILES string of the molecule is CN(C)CCC1CCC2OC2C1. The van der Waals surface area contributed by atoms with Crippen LogP contribution in [0.4, 0.5) is 0 Å². The van der Waals surface area contributed by atoms with E-state index < -0.39 is 0 Å². The number of fused-ring (bicyclic) bond motifs is 1. The molecule has 0 radical (unpaired) electrons. The Bertz CT molecular complexity index is 158. The van der Waals surface area contributed by atoms with Crippen LogP contribution in [0.2, 0.25) is 0 Å². The monoisotopic (exact) mass is 169 g/mol.